The van der Waals surface area contributed by atoms with E-state index in [9.17, 15) is 14.7 Å². The molecule has 1 atom stereocenters. The van der Waals surface area contributed by atoms with Gasteiger partial charge in [0.2, 0.25) is 5.43 Å². The van der Waals surface area contributed by atoms with Crippen molar-refractivity contribution < 1.29 is 28.5 Å². The first-order valence-corrected chi connectivity index (χ1v) is 10.3. The van der Waals surface area contributed by atoms with Gasteiger partial charge in [-0.2, -0.15) is 0 Å². The highest BCUT2D eigenvalue weighted by atomic mass is 16.5. The minimum Gasteiger partial charge on any atom is -0.507 e. The largest absolute Gasteiger partial charge is 0.507 e. The van der Waals surface area contributed by atoms with E-state index in [1.807, 2.05) is 24.3 Å². The highest BCUT2D eigenvalue weighted by Crippen LogP contribution is 2.46. The molecule has 0 radical (unpaired) electrons. The van der Waals surface area contributed by atoms with E-state index in [1.165, 1.54) is 12.3 Å². The fourth-order valence-electron chi connectivity index (χ4n) is 4.24. The summed E-state index contributed by atoms with van der Waals surface area (Å²) in [4.78, 5) is 25.8. The van der Waals surface area contributed by atoms with Gasteiger partial charge in [-0.3, -0.25) is 9.59 Å². The van der Waals surface area contributed by atoms with Crippen molar-refractivity contribution in [2.75, 3.05) is 14.2 Å². The summed E-state index contributed by atoms with van der Waals surface area (Å²) in [6, 6.07) is 15.6. The summed E-state index contributed by atoms with van der Waals surface area (Å²) in [5.74, 6) is 0.278. The summed E-state index contributed by atoms with van der Waals surface area (Å²) in [6.07, 6.45) is 1.43. The second-order valence-electron chi connectivity index (χ2n) is 7.73. The van der Waals surface area contributed by atoms with Crippen LogP contribution in [0.15, 0.2) is 70.1 Å². The standard InChI is InChI=1S/C26H20O7/c1-30-16-8-6-14(7-9-16)19-13-32-26-23-18(15-4-3-5-17(10-15)31-2)11-22(28)33-21(23)12-20(27)24(26)25(19)29/h3-10,12-13,18,27H,11H2,1-2H3. The Morgan fingerprint density at radius 3 is 2.45 bits per heavy atom. The molecule has 4 aromatic rings. The molecule has 0 bridgehead atoms. The Morgan fingerprint density at radius 1 is 0.970 bits per heavy atom. The smallest absolute Gasteiger partial charge is 0.312 e. The molecule has 33 heavy (non-hydrogen) atoms. The van der Waals surface area contributed by atoms with Crippen LogP contribution >= 0.6 is 0 Å². The molecule has 1 aromatic heterocycles. The second-order valence-corrected chi connectivity index (χ2v) is 7.73. The van der Waals surface area contributed by atoms with Crippen LogP contribution in [0.25, 0.3) is 22.1 Å². The van der Waals surface area contributed by atoms with E-state index in [1.54, 1.807) is 38.5 Å². The van der Waals surface area contributed by atoms with Gasteiger partial charge in [0.05, 0.1) is 26.2 Å². The number of fused-ring (bicyclic) bond motifs is 3. The lowest BCUT2D eigenvalue weighted by Crippen LogP contribution is -2.22. The number of rotatable bonds is 4. The maximum Gasteiger partial charge on any atom is 0.312 e. The minimum absolute atomic E-state index is 0.0351. The Morgan fingerprint density at radius 2 is 1.73 bits per heavy atom. The second kappa shape index (κ2) is 8.02. The molecule has 166 valence electrons. The Bertz CT molecular complexity index is 1430. The van der Waals surface area contributed by atoms with Crippen LogP contribution in [0.4, 0.5) is 0 Å². The van der Waals surface area contributed by atoms with Crippen LogP contribution in [0.5, 0.6) is 23.0 Å². The number of hydrogen-bond donors (Lipinski definition) is 1. The minimum atomic E-state index is -0.439. The van der Waals surface area contributed by atoms with Gasteiger partial charge in [0.1, 0.15) is 40.2 Å². The van der Waals surface area contributed by atoms with Crippen LogP contribution in [0, 0.1) is 0 Å². The Balaban J connectivity index is 1.74. The molecule has 0 saturated heterocycles. The topological polar surface area (TPSA) is 95.2 Å². The monoisotopic (exact) mass is 444 g/mol. The molecule has 0 amide bonds. The molecule has 5 rings (SSSR count). The number of benzene rings is 3. The molecular formula is C26H20O7. The lowest BCUT2D eigenvalue weighted by Gasteiger charge is -2.26. The maximum absolute atomic E-state index is 13.4. The van der Waals surface area contributed by atoms with Crippen LogP contribution in [0.3, 0.4) is 0 Å². The molecule has 7 heteroatoms. The molecule has 7 nitrogen and oxygen atoms in total. The Hall–Kier alpha value is -4.26. The van der Waals surface area contributed by atoms with Gasteiger partial charge in [0.25, 0.3) is 0 Å². The SMILES string of the molecule is COc1ccc(-c2coc3c4c(cc(O)c3c2=O)OC(=O)CC4c2cccc(OC)c2)cc1. The molecule has 1 unspecified atom stereocenters. The number of ether oxygens (including phenoxy) is 3. The van der Waals surface area contributed by atoms with Gasteiger partial charge >= 0.3 is 5.97 Å². The summed E-state index contributed by atoms with van der Waals surface area (Å²) in [5, 5.41) is 10.7. The molecule has 3 aromatic carbocycles. The summed E-state index contributed by atoms with van der Waals surface area (Å²) < 4.78 is 21.8. The number of methoxy groups -OCH3 is 2. The molecule has 2 heterocycles. The molecule has 0 fully saturated rings. The molecular weight excluding hydrogens is 424 g/mol. The van der Waals surface area contributed by atoms with Crippen molar-refractivity contribution in [1.29, 1.82) is 0 Å². The van der Waals surface area contributed by atoms with Crippen LogP contribution < -0.4 is 19.6 Å². The first-order valence-electron chi connectivity index (χ1n) is 10.3. The first-order chi connectivity index (χ1) is 16.0. The van der Waals surface area contributed by atoms with E-state index < -0.39 is 11.9 Å². The molecule has 1 N–H and O–H groups in total. The van der Waals surface area contributed by atoms with Crippen molar-refractivity contribution in [3.8, 4) is 34.1 Å². The van der Waals surface area contributed by atoms with E-state index in [0.29, 0.717) is 28.2 Å². The highest BCUT2D eigenvalue weighted by Gasteiger charge is 2.33. The van der Waals surface area contributed by atoms with Gasteiger partial charge in [-0.05, 0) is 35.4 Å². The van der Waals surface area contributed by atoms with Crippen LogP contribution in [-0.2, 0) is 4.79 Å². The van der Waals surface area contributed by atoms with Crippen molar-refractivity contribution in [3.05, 3.63) is 82.2 Å². The lowest BCUT2D eigenvalue weighted by atomic mass is 9.85. The zero-order chi connectivity index (χ0) is 23.1. The van der Waals surface area contributed by atoms with Gasteiger partial charge in [0, 0.05) is 17.5 Å². The van der Waals surface area contributed by atoms with E-state index in [4.69, 9.17) is 18.6 Å². The molecule has 0 aliphatic carbocycles. The van der Waals surface area contributed by atoms with Gasteiger partial charge in [-0.15, -0.1) is 0 Å². The van der Waals surface area contributed by atoms with Crippen LogP contribution in [0.1, 0.15) is 23.5 Å². The molecule has 1 aliphatic heterocycles. The predicted molar refractivity (Wildman–Crippen MR) is 121 cm³/mol. The predicted octanol–water partition coefficient (Wildman–Crippen LogP) is 4.62. The number of aromatic hydroxyl groups is 1. The number of phenols is 1. The third-order valence-electron chi connectivity index (χ3n) is 5.87. The van der Waals surface area contributed by atoms with Gasteiger partial charge in [-0.25, -0.2) is 0 Å². The maximum atomic E-state index is 13.4. The number of carbonyl (C=O) groups is 1. The summed E-state index contributed by atoms with van der Waals surface area (Å²) in [6.45, 7) is 0. The fourth-order valence-corrected chi connectivity index (χ4v) is 4.24. The molecule has 1 aliphatic rings. The quantitative estimate of drug-likeness (QED) is 0.362. The number of hydrogen-bond acceptors (Lipinski definition) is 7. The Kier molecular flexibility index (Phi) is 5.01. The lowest BCUT2D eigenvalue weighted by molar-refractivity contribution is -0.135. The van der Waals surface area contributed by atoms with Crippen molar-refractivity contribution in [2.45, 2.75) is 12.3 Å². The van der Waals surface area contributed by atoms with E-state index in [-0.39, 0.29) is 34.3 Å². The summed E-state index contributed by atoms with van der Waals surface area (Å²) >= 11 is 0. The third-order valence-corrected chi connectivity index (χ3v) is 5.87. The van der Waals surface area contributed by atoms with E-state index in [0.717, 1.165) is 5.56 Å². The van der Waals surface area contributed by atoms with E-state index in [2.05, 4.69) is 0 Å². The number of esters is 1. The molecule has 0 spiro atoms. The summed E-state index contributed by atoms with van der Waals surface area (Å²) in [5.41, 5.74) is 2.07. The summed E-state index contributed by atoms with van der Waals surface area (Å²) in [7, 11) is 3.13. The van der Waals surface area contributed by atoms with Gasteiger partial charge < -0.3 is 23.7 Å². The van der Waals surface area contributed by atoms with Gasteiger partial charge in [0.15, 0.2) is 0 Å². The molecule has 0 saturated carbocycles. The van der Waals surface area contributed by atoms with Crippen molar-refractivity contribution in [1.82, 2.24) is 0 Å². The first kappa shape index (κ1) is 20.6. The Labute approximate surface area is 188 Å². The third kappa shape index (κ3) is 3.47. The zero-order valence-corrected chi connectivity index (χ0v) is 18.0. The fraction of sp³-hybridized carbons (Fsp3) is 0.154. The van der Waals surface area contributed by atoms with Crippen molar-refractivity contribution >= 4 is 16.9 Å². The van der Waals surface area contributed by atoms with E-state index >= 15 is 0 Å². The average Bonchev–Trinajstić information content (AvgIpc) is 2.83. The normalized spacial score (nSPS) is 15.1. The van der Waals surface area contributed by atoms with Crippen molar-refractivity contribution in [3.63, 3.8) is 0 Å². The zero-order valence-electron chi connectivity index (χ0n) is 18.0. The van der Waals surface area contributed by atoms with Crippen LogP contribution in [-0.4, -0.2) is 25.3 Å². The van der Waals surface area contributed by atoms with Gasteiger partial charge in [-0.1, -0.05) is 24.3 Å². The van der Waals surface area contributed by atoms with Crippen LogP contribution in [0.2, 0.25) is 0 Å². The number of phenolic OH excluding ortho intramolecular Hbond substituents is 1. The van der Waals surface area contributed by atoms with Crippen molar-refractivity contribution in [2.24, 2.45) is 0 Å². The highest BCUT2D eigenvalue weighted by molar-refractivity contribution is 5.94. The average molecular weight is 444 g/mol. The number of carbonyl (C=O) groups excluding carboxylic acids is 1.